The van der Waals surface area contributed by atoms with Gasteiger partial charge in [-0.3, -0.25) is 9.59 Å². The Morgan fingerprint density at radius 1 is 1.29 bits per heavy atom. The lowest BCUT2D eigenvalue weighted by atomic mass is 9.96. The fourth-order valence-corrected chi connectivity index (χ4v) is 2.73. The summed E-state index contributed by atoms with van der Waals surface area (Å²) in [4.78, 5) is 26.3. The topological polar surface area (TPSA) is 49.4 Å². The Labute approximate surface area is 143 Å². The highest BCUT2D eigenvalue weighted by Gasteiger charge is 2.36. The lowest BCUT2D eigenvalue weighted by molar-refractivity contribution is -0.134. The average Bonchev–Trinajstić information content (AvgIpc) is 3.31. The molecule has 132 valence electrons. The number of benzene rings is 1. The first-order valence-electron chi connectivity index (χ1n) is 8.55. The van der Waals surface area contributed by atoms with Crippen LogP contribution in [-0.2, 0) is 9.59 Å². The molecule has 1 aliphatic carbocycles. The van der Waals surface area contributed by atoms with E-state index in [1.807, 2.05) is 27.7 Å². The third-order valence-corrected chi connectivity index (χ3v) is 4.31. The van der Waals surface area contributed by atoms with E-state index in [2.05, 4.69) is 5.32 Å². The molecule has 0 radical (unpaired) electrons. The number of halogens is 1. The summed E-state index contributed by atoms with van der Waals surface area (Å²) in [5.74, 6) is -0.401. The molecular formula is C19H27FN2O2. The van der Waals surface area contributed by atoms with E-state index in [4.69, 9.17) is 0 Å². The van der Waals surface area contributed by atoms with Crippen molar-refractivity contribution in [1.29, 1.82) is 0 Å². The van der Waals surface area contributed by atoms with Crippen LogP contribution in [0.1, 0.15) is 58.6 Å². The second kappa shape index (κ2) is 7.32. The van der Waals surface area contributed by atoms with Gasteiger partial charge in [-0.15, -0.1) is 0 Å². The molecule has 1 saturated carbocycles. The third kappa shape index (κ3) is 4.56. The van der Waals surface area contributed by atoms with E-state index in [1.165, 1.54) is 6.07 Å². The van der Waals surface area contributed by atoms with Crippen LogP contribution in [0.2, 0.25) is 0 Å². The number of hydrogen-bond acceptors (Lipinski definition) is 2. The molecule has 1 aromatic rings. The van der Waals surface area contributed by atoms with Crippen molar-refractivity contribution >= 4 is 11.8 Å². The van der Waals surface area contributed by atoms with Crippen LogP contribution in [0.4, 0.5) is 4.39 Å². The van der Waals surface area contributed by atoms with Crippen molar-refractivity contribution < 1.29 is 14.0 Å². The van der Waals surface area contributed by atoms with Crippen molar-refractivity contribution in [2.45, 2.75) is 59.0 Å². The standard InChI is InChI=1S/C19H27FN2O2/c1-13(15-7-5-6-8-16(15)20)22(14-9-10-14)17(23)11-12-21-18(24)19(2,3)4/h5-8,13-14H,9-12H2,1-4H3,(H,21,24). The Balaban J connectivity index is 1.99. The van der Waals surface area contributed by atoms with Gasteiger partial charge in [0.05, 0.1) is 6.04 Å². The van der Waals surface area contributed by atoms with Gasteiger partial charge in [0, 0.05) is 30.0 Å². The number of carbonyl (C=O) groups is 2. The van der Waals surface area contributed by atoms with Gasteiger partial charge in [-0.1, -0.05) is 39.0 Å². The molecule has 1 fully saturated rings. The minimum Gasteiger partial charge on any atom is -0.355 e. The minimum atomic E-state index is -0.473. The predicted octanol–water partition coefficient (Wildman–Crippen LogP) is 3.43. The van der Waals surface area contributed by atoms with Crippen LogP contribution in [0.15, 0.2) is 24.3 Å². The largest absolute Gasteiger partial charge is 0.355 e. The molecule has 5 heteroatoms. The maximum Gasteiger partial charge on any atom is 0.225 e. The summed E-state index contributed by atoms with van der Waals surface area (Å²) in [7, 11) is 0. The van der Waals surface area contributed by atoms with E-state index in [0.29, 0.717) is 12.1 Å². The first-order chi connectivity index (χ1) is 11.2. The second-order valence-electron chi connectivity index (χ2n) is 7.49. The normalized spacial score (nSPS) is 15.7. The molecule has 1 aromatic carbocycles. The van der Waals surface area contributed by atoms with Gasteiger partial charge in [0.1, 0.15) is 5.82 Å². The predicted molar refractivity (Wildman–Crippen MR) is 91.8 cm³/mol. The summed E-state index contributed by atoms with van der Waals surface area (Å²) >= 11 is 0. The first-order valence-corrected chi connectivity index (χ1v) is 8.55. The number of amides is 2. The van der Waals surface area contributed by atoms with Gasteiger partial charge in [-0.05, 0) is 25.8 Å². The van der Waals surface area contributed by atoms with Crippen LogP contribution in [0.25, 0.3) is 0 Å². The van der Waals surface area contributed by atoms with Crippen LogP contribution in [-0.4, -0.2) is 29.3 Å². The van der Waals surface area contributed by atoms with Gasteiger partial charge >= 0.3 is 0 Å². The smallest absolute Gasteiger partial charge is 0.225 e. The molecule has 1 atom stereocenters. The molecule has 1 aliphatic rings. The van der Waals surface area contributed by atoms with Crippen molar-refractivity contribution in [3.63, 3.8) is 0 Å². The zero-order valence-electron chi connectivity index (χ0n) is 14.9. The monoisotopic (exact) mass is 334 g/mol. The van der Waals surface area contributed by atoms with Crippen LogP contribution in [0, 0.1) is 11.2 Å². The van der Waals surface area contributed by atoms with E-state index in [1.54, 1.807) is 23.1 Å². The highest BCUT2D eigenvalue weighted by atomic mass is 19.1. The summed E-state index contributed by atoms with van der Waals surface area (Å²) in [6.07, 6.45) is 2.15. The Kier molecular flexibility index (Phi) is 5.62. The maximum absolute atomic E-state index is 14.0. The third-order valence-electron chi connectivity index (χ3n) is 4.31. The fourth-order valence-electron chi connectivity index (χ4n) is 2.73. The first kappa shape index (κ1) is 18.4. The van der Waals surface area contributed by atoms with Gasteiger partial charge in [-0.2, -0.15) is 0 Å². The van der Waals surface area contributed by atoms with Crippen molar-refractivity contribution in [1.82, 2.24) is 10.2 Å². The highest BCUT2D eigenvalue weighted by molar-refractivity contribution is 5.82. The molecule has 0 heterocycles. The number of carbonyl (C=O) groups excluding carboxylic acids is 2. The second-order valence-corrected chi connectivity index (χ2v) is 7.49. The number of rotatable bonds is 6. The summed E-state index contributed by atoms with van der Waals surface area (Å²) in [5.41, 5.74) is 0.0659. The Morgan fingerprint density at radius 2 is 1.92 bits per heavy atom. The van der Waals surface area contributed by atoms with Gasteiger partial charge in [0.15, 0.2) is 0 Å². The minimum absolute atomic E-state index is 0.0394. The molecular weight excluding hydrogens is 307 g/mol. The maximum atomic E-state index is 14.0. The van der Waals surface area contributed by atoms with Gasteiger partial charge in [0.2, 0.25) is 11.8 Å². The summed E-state index contributed by atoms with van der Waals surface area (Å²) in [5, 5.41) is 2.80. The molecule has 1 N–H and O–H groups in total. The number of nitrogens with one attached hydrogen (secondary N) is 1. The fraction of sp³-hybridized carbons (Fsp3) is 0.579. The van der Waals surface area contributed by atoms with Gasteiger partial charge in [0.25, 0.3) is 0 Å². The van der Waals surface area contributed by atoms with E-state index in [-0.39, 0.29) is 36.1 Å². The molecule has 0 aromatic heterocycles. The zero-order valence-corrected chi connectivity index (χ0v) is 14.9. The Hall–Kier alpha value is -1.91. The molecule has 2 rings (SSSR count). The summed E-state index contributed by atoms with van der Waals surface area (Å²) in [6, 6.07) is 6.47. The number of hydrogen-bond donors (Lipinski definition) is 1. The summed E-state index contributed by atoms with van der Waals surface area (Å²) < 4.78 is 14.0. The van der Waals surface area contributed by atoms with Crippen molar-refractivity contribution in [2.75, 3.05) is 6.54 Å². The Morgan fingerprint density at radius 3 is 2.46 bits per heavy atom. The van der Waals surface area contributed by atoms with Crippen LogP contribution < -0.4 is 5.32 Å². The number of nitrogens with zero attached hydrogens (tertiary/aromatic N) is 1. The average molecular weight is 334 g/mol. The lowest BCUT2D eigenvalue weighted by Gasteiger charge is -2.30. The van der Waals surface area contributed by atoms with Crippen LogP contribution in [0.5, 0.6) is 0 Å². The van der Waals surface area contributed by atoms with Crippen LogP contribution >= 0.6 is 0 Å². The van der Waals surface area contributed by atoms with Gasteiger partial charge < -0.3 is 10.2 Å². The molecule has 24 heavy (non-hydrogen) atoms. The molecule has 2 amide bonds. The zero-order chi connectivity index (χ0) is 17.9. The van der Waals surface area contributed by atoms with E-state index in [9.17, 15) is 14.0 Å². The SMILES string of the molecule is CC(c1ccccc1F)N(C(=O)CCNC(=O)C(C)(C)C)C1CC1. The van der Waals surface area contributed by atoms with E-state index < -0.39 is 5.41 Å². The molecule has 0 spiro atoms. The molecule has 0 bridgehead atoms. The molecule has 0 aliphatic heterocycles. The molecule has 0 saturated heterocycles. The molecule has 4 nitrogen and oxygen atoms in total. The van der Waals surface area contributed by atoms with E-state index in [0.717, 1.165) is 12.8 Å². The quantitative estimate of drug-likeness (QED) is 0.866. The molecule has 1 unspecified atom stereocenters. The Bertz CT molecular complexity index is 606. The highest BCUT2D eigenvalue weighted by Crippen LogP contribution is 2.35. The van der Waals surface area contributed by atoms with Crippen molar-refractivity contribution in [2.24, 2.45) is 5.41 Å². The van der Waals surface area contributed by atoms with Crippen molar-refractivity contribution in [3.05, 3.63) is 35.6 Å². The lowest BCUT2D eigenvalue weighted by Crippen LogP contribution is -2.40. The van der Waals surface area contributed by atoms with E-state index >= 15 is 0 Å². The van der Waals surface area contributed by atoms with Gasteiger partial charge in [-0.25, -0.2) is 4.39 Å². The summed E-state index contributed by atoms with van der Waals surface area (Å²) in [6.45, 7) is 7.67. The van der Waals surface area contributed by atoms with Crippen LogP contribution in [0.3, 0.4) is 0 Å². The van der Waals surface area contributed by atoms with Crippen molar-refractivity contribution in [3.8, 4) is 0 Å².